The molecule has 2 atom stereocenters. The quantitative estimate of drug-likeness (QED) is 0.855. The second-order valence-corrected chi connectivity index (χ2v) is 4.98. The number of carbonyl (C=O) groups is 1. The van der Waals surface area contributed by atoms with Crippen molar-refractivity contribution in [2.75, 3.05) is 13.1 Å². The summed E-state index contributed by atoms with van der Waals surface area (Å²) < 4.78 is 0. The van der Waals surface area contributed by atoms with Crippen LogP contribution in [0.15, 0.2) is 24.3 Å². The van der Waals surface area contributed by atoms with Crippen LogP contribution in [0.2, 0.25) is 0 Å². The van der Waals surface area contributed by atoms with Crippen molar-refractivity contribution in [2.45, 2.75) is 46.7 Å². The summed E-state index contributed by atoms with van der Waals surface area (Å²) >= 11 is 0. The minimum atomic E-state index is -0.158. The molecule has 0 aliphatic rings. The molecule has 0 aliphatic carbocycles. The first-order chi connectivity index (χ1) is 9.01. The zero-order valence-corrected chi connectivity index (χ0v) is 12.7. The molecule has 1 aromatic rings. The molecule has 0 fully saturated rings. The first-order valence-electron chi connectivity index (χ1n) is 7.11. The molecule has 3 nitrogen and oxygen atoms in total. The molecule has 1 rings (SSSR count). The van der Waals surface area contributed by atoms with Gasteiger partial charge >= 0.3 is 0 Å². The van der Waals surface area contributed by atoms with Crippen molar-refractivity contribution in [2.24, 2.45) is 0 Å². The summed E-state index contributed by atoms with van der Waals surface area (Å²) in [4.78, 5) is 14.1. The van der Waals surface area contributed by atoms with E-state index in [4.69, 9.17) is 0 Å². The lowest BCUT2D eigenvalue weighted by Crippen LogP contribution is -2.45. The summed E-state index contributed by atoms with van der Waals surface area (Å²) in [7, 11) is 0. The minimum absolute atomic E-state index is 0.158. The fraction of sp³-hybridized carbons (Fsp3) is 0.562. The molecular weight excluding hydrogens is 236 g/mol. The average Bonchev–Trinajstić information content (AvgIpc) is 2.40. The molecule has 0 spiro atoms. The zero-order valence-electron chi connectivity index (χ0n) is 12.7. The van der Waals surface area contributed by atoms with E-state index in [9.17, 15) is 4.79 Å². The third-order valence-corrected chi connectivity index (χ3v) is 3.60. The highest BCUT2D eigenvalue weighted by atomic mass is 16.2. The van der Waals surface area contributed by atoms with Crippen LogP contribution < -0.4 is 5.32 Å². The maximum absolute atomic E-state index is 12.2. The Morgan fingerprint density at radius 3 is 2.32 bits per heavy atom. The normalized spacial score (nSPS) is 13.9. The molecule has 0 saturated heterocycles. The maximum atomic E-state index is 12.2. The first-order valence-corrected chi connectivity index (χ1v) is 7.11. The molecule has 0 saturated carbocycles. The van der Waals surface area contributed by atoms with E-state index in [2.05, 4.69) is 31.3 Å². The van der Waals surface area contributed by atoms with Gasteiger partial charge in [-0.1, -0.05) is 24.3 Å². The highest BCUT2D eigenvalue weighted by Crippen LogP contribution is 2.17. The molecule has 1 aromatic carbocycles. The number of likely N-dealkylation sites (N-methyl/N-ethyl adjacent to an activating group) is 1. The molecule has 3 heteroatoms. The van der Waals surface area contributed by atoms with Gasteiger partial charge in [0.15, 0.2) is 0 Å². The Kier molecular flexibility index (Phi) is 6.03. The topological polar surface area (TPSA) is 32.3 Å². The predicted molar refractivity (Wildman–Crippen MR) is 80.1 cm³/mol. The van der Waals surface area contributed by atoms with E-state index in [1.165, 1.54) is 11.1 Å². The Hall–Kier alpha value is -1.35. The van der Waals surface area contributed by atoms with E-state index < -0.39 is 0 Å². The summed E-state index contributed by atoms with van der Waals surface area (Å²) in [5.74, 6) is 0.172. The van der Waals surface area contributed by atoms with Gasteiger partial charge in [-0.2, -0.15) is 0 Å². The van der Waals surface area contributed by atoms with E-state index in [0.717, 1.165) is 13.1 Å². The number of hydrogen-bond acceptors (Lipinski definition) is 2. The number of amides is 1. The van der Waals surface area contributed by atoms with Crippen LogP contribution >= 0.6 is 0 Å². The Bertz CT molecular complexity index is 413. The summed E-state index contributed by atoms with van der Waals surface area (Å²) in [6.07, 6.45) is 0. The summed E-state index contributed by atoms with van der Waals surface area (Å²) in [6, 6.07) is 8.31. The molecule has 0 bridgehead atoms. The smallest absolute Gasteiger partial charge is 0.239 e. The number of carbonyl (C=O) groups excluding carboxylic acids is 1. The maximum Gasteiger partial charge on any atom is 0.239 e. The van der Waals surface area contributed by atoms with Crippen LogP contribution in [0.1, 0.15) is 44.9 Å². The molecule has 0 aromatic heterocycles. The Morgan fingerprint density at radius 2 is 1.79 bits per heavy atom. The third-order valence-electron chi connectivity index (χ3n) is 3.60. The number of rotatable bonds is 6. The van der Waals surface area contributed by atoms with E-state index >= 15 is 0 Å². The highest BCUT2D eigenvalue weighted by Gasteiger charge is 2.20. The van der Waals surface area contributed by atoms with E-state index in [1.807, 2.05) is 37.8 Å². The molecule has 0 heterocycles. The van der Waals surface area contributed by atoms with Gasteiger partial charge in [-0.3, -0.25) is 10.1 Å². The molecule has 2 unspecified atom stereocenters. The predicted octanol–water partition coefficient (Wildman–Crippen LogP) is 2.90. The van der Waals surface area contributed by atoms with Crippen LogP contribution in [-0.2, 0) is 4.79 Å². The first kappa shape index (κ1) is 15.7. The highest BCUT2D eigenvalue weighted by molar-refractivity contribution is 5.81. The third kappa shape index (κ3) is 4.06. The second kappa shape index (κ2) is 7.29. The average molecular weight is 262 g/mol. The second-order valence-electron chi connectivity index (χ2n) is 4.98. The van der Waals surface area contributed by atoms with Gasteiger partial charge in [0, 0.05) is 19.1 Å². The fourth-order valence-corrected chi connectivity index (χ4v) is 2.42. The van der Waals surface area contributed by atoms with Gasteiger partial charge in [0.25, 0.3) is 0 Å². The molecular formula is C16H26N2O. The number of benzene rings is 1. The summed E-state index contributed by atoms with van der Waals surface area (Å²) in [5, 5.41) is 3.39. The van der Waals surface area contributed by atoms with Gasteiger partial charge < -0.3 is 4.90 Å². The van der Waals surface area contributed by atoms with Crippen molar-refractivity contribution in [3.63, 3.8) is 0 Å². The van der Waals surface area contributed by atoms with Gasteiger partial charge in [0.05, 0.1) is 6.04 Å². The van der Waals surface area contributed by atoms with Crippen molar-refractivity contribution < 1.29 is 4.79 Å². The van der Waals surface area contributed by atoms with E-state index in [-0.39, 0.29) is 18.0 Å². The minimum Gasteiger partial charge on any atom is -0.342 e. The van der Waals surface area contributed by atoms with Crippen LogP contribution in [-0.4, -0.2) is 29.9 Å². The van der Waals surface area contributed by atoms with Gasteiger partial charge in [-0.05, 0) is 45.7 Å². The molecule has 19 heavy (non-hydrogen) atoms. The van der Waals surface area contributed by atoms with Gasteiger partial charge in [0.2, 0.25) is 5.91 Å². The van der Waals surface area contributed by atoms with Crippen molar-refractivity contribution >= 4 is 5.91 Å². The molecule has 1 N–H and O–H groups in total. The largest absolute Gasteiger partial charge is 0.342 e. The van der Waals surface area contributed by atoms with E-state index in [0.29, 0.717) is 0 Å². The molecule has 0 radical (unpaired) electrons. The molecule has 106 valence electrons. The van der Waals surface area contributed by atoms with Crippen LogP contribution in [0.5, 0.6) is 0 Å². The van der Waals surface area contributed by atoms with Crippen molar-refractivity contribution in [1.29, 1.82) is 0 Å². The number of nitrogens with zero attached hydrogens (tertiary/aromatic N) is 1. The van der Waals surface area contributed by atoms with Crippen LogP contribution in [0.4, 0.5) is 0 Å². The van der Waals surface area contributed by atoms with Crippen LogP contribution in [0, 0.1) is 6.92 Å². The SMILES string of the molecule is CCN(CC)C(=O)C(C)NC(C)c1ccccc1C. The Labute approximate surface area is 117 Å². The zero-order chi connectivity index (χ0) is 14.4. The monoisotopic (exact) mass is 262 g/mol. The number of aryl methyl sites for hydroxylation is 1. The van der Waals surface area contributed by atoms with E-state index in [1.54, 1.807) is 0 Å². The Morgan fingerprint density at radius 1 is 1.21 bits per heavy atom. The molecule has 0 aliphatic heterocycles. The van der Waals surface area contributed by atoms with Crippen molar-refractivity contribution in [3.05, 3.63) is 35.4 Å². The van der Waals surface area contributed by atoms with Crippen molar-refractivity contribution in [3.8, 4) is 0 Å². The van der Waals surface area contributed by atoms with Crippen molar-refractivity contribution in [1.82, 2.24) is 10.2 Å². The van der Waals surface area contributed by atoms with Crippen LogP contribution in [0.3, 0.4) is 0 Å². The Balaban J connectivity index is 2.69. The number of nitrogens with one attached hydrogen (secondary N) is 1. The molecule has 1 amide bonds. The summed E-state index contributed by atoms with van der Waals surface area (Å²) in [6.45, 7) is 11.7. The summed E-state index contributed by atoms with van der Waals surface area (Å²) in [5.41, 5.74) is 2.51. The van der Waals surface area contributed by atoms with Gasteiger partial charge in [-0.25, -0.2) is 0 Å². The standard InChI is InChI=1S/C16H26N2O/c1-6-18(7-2)16(19)14(5)17-13(4)15-11-9-8-10-12(15)3/h8-11,13-14,17H,6-7H2,1-5H3. The van der Waals surface area contributed by atoms with Crippen LogP contribution in [0.25, 0.3) is 0 Å². The lowest BCUT2D eigenvalue weighted by Gasteiger charge is -2.26. The number of hydrogen-bond donors (Lipinski definition) is 1. The van der Waals surface area contributed by atoms with Gasteiger partial charge in [0.1, 0.15) is 0 Å². The fourth-order valence-electron chi connectivity index (χ4n) is 2.42. The lowest BCUT2D eigenvalue weighted by molar-refractivity contribution is -0.132. The van der Waals surface area contributed by atoms with Gasteiger partial charge in [-0.15, -0.1) is 0 Å². The lowest BCUT2D eigenvalue weighted by atomic mass is 10.0.